The first kappa shape index (κ1) is 16.9. The molecule has 2 rings (SSSR count). The van der Waals surface area contributed by atoms with Crippen LogP contribution in [0.2, 0.25) is 0 Å². The van der Waals surface area contributed by atoms with Crippen LogP contribution in [0.4, 0.5) is 0 Å². The fourth-order valence-corrected chi connectivity index (χ4v) is 5.34. The van der Waals surface area contributed by atoms with Gasteiger partial charge in [-0.25, -0.2) is 8.42 Å². The molecule has 5 nitrogen and oxygen atoms in total. The molecule has 0 spiro atoms. The molecule has 0 saturated carbocycles. The van der Waals surface area contributed by atoms with Gasteiger partial charge in [0.2, 0.25) is 0 Å². The van der Waals surface area contributed by atoms with Crippen LogP contribution in [-0.2, 0) is 21.3 Å². The van der Waals surface area contributed by atoms with Gasteiger partial charge >= 0.3 is 0 Å². The molecular formula is C14H24N2O3S2. The minimum absolute atomic E-state index is 0.0540. The first-order chi connectivity index (χ1) is 9.95. The molecule has 1 aromatic rings. The molecule has 0 radical (unpaired) electrons. The summed E-state index contributed by atoms with van der Waals surface area (Å²) < 4.78 is 33.0. The molecule has 0 aromatic carbocycles. The SMILES string of the molecule is CCCNCc1csc(S(=O)(=O)N2CC(C)OCC2C)c1. The predicted molar refractivity (Wildman–Crippen MR) is 85.1 cm³/mol. The molecule has 1 aliphatic rings. The molecule has 0 bridgehead atoms. The van der Waals surface area contributed by atoms with E-state index in [1.54, 1.807) is 10.4 Å². The highest BCUT2D eigenvalue weighted by Crippen LogP contribution is 2.27. The third-order valence-corrected chi connectivity index (χ3v) is 6.94. The van der Waals surface area contributed by atoms with Crippen molar-refractivity contribution >= 4 is 21.4 Å². The molecule has 120 valence electrons. The van der Waals surface area contributed by atoms with Crippen LogP contribution in [0.3, 0.4) is 0 Å². The molecule has 1 saturated heterocycles. The van der Waals surface area contributed by atoms with Crippen LogP contribution in [0.5, 0.6) is 0 Å². The van der Waals surface area contributed by atoms with Gasteiger partial charge in [0.1, 0.15) is 4.21 Å². The van der Waals surface area contributed by atoms with E-state index < -0.39 is 10.0 Å². The molecule has 21 heavy (non-hydrogen) atoms. The van der Waals surface area contributed by atoms with Crippen molar-refractivity contribution in [1.29, 1.82) is 0 Å². The topological polar surface area (TPSA) is 58.6 Å². The van der Waals surface area contributed by atoms with Crippen molar-refractivity contribution in [2.45, 2.75) is 50.1 Å². The van der Waals surface area contributed by atoms with Crippen molar-refractivity contribution in [2.24, 2.45) is 0 Å². The van der Waals surface area contributed by atoms with Crippen molar-refractivity contribution in [1.82, 2.24) is 9.62 Å². The maximum absolute atomic E-state index is 12.7. The van der Waals surface area contributed by atoms with Crippen molar-refractivity contribution < 1.29 is 13.2 Å². The summed E-state index contributed by atoms with van der Waals surface area (Å²) in [4.78, 5) is 0. The number of thiophene rings is 1. The second-order valence-corrected chi connectivity index (χ2v) is 8.55. The van der Waals surface area contributed by atoms with Gasteiger partial charge in [0.25, 0.3) is 10.0 Å². The zero-order valence-corrected chi connectivity index (χ0v) is 14.5. The van der Waals surface area contributed by atoms with Gasteiger partial charge in [-0.2, -0.15) is 4.31 Å². The van der Waals surface area contributed by atoms with Crippen LogP contribution in [0.25, 0.3) is 0 Å². The third kappa shape index (κ3) is 4.04. The van der Waals surface area contributed by atoms with Crippen LogP contribution in [0, 0.1) is 0 Å². The standard InChI is InChI=1S/C14H24N2O3S2/c1-4-5-15-7-13-6-14(20-10-13)21(17,18)16-8-12(3)19-9-11(16)2/h6,10-12,15H,4-5,7-9H2,1-3H3. The molecule has 2 atom stereocenters. The number of nitrogens with one attached hydrogen (secondary N) is 1. The van der Waals surface area contributed by atoms with Crippen molar-refractivity contribution in [3.05, 3.63) is 17.0 Å². The molecule has 1 N–H and O–H groups in total. The number of sulfonamides is 1. The van der Waals surface area contributed by atoms with E-state index in [1.807, 2.05) is 19.2 Å². The average Bonchev–Trinajstić information content (AvgIpc) is 2.91. The summed E-state index contributed by atoms with van der Waals surface area (Å²) in [5.74, 6) is 0. The molecule has 2 unspecified atom stereocenters. The van der Waals surface area contributed by atoms with Crippen LogP contribution in [0.1, 0.15) is 32.8 Å². The molecule has 7 heteroatoms. The zero-order valence-electron chi connectivity index (χ0n) is 12.8. The van der Waals surface area contributed by atoms with Gasteiger partial charge in [-0.1, -0.05) is 6.92 Å². The normalized spacial score (nSPS) is 24.3. The molecule has 0 aliphatic carbocycles. The first-order valence-electron chi connectivity index (χ1n) is 7.36. The van der Waals surface area contributed by atoms with Gasteiger partial charge in [0.05, 0.1) is 12.7 Å². The lowest BCUT2D eigenvalue weighted by molar-refractivity contribution is -0.0170. The minimum Gasteiger partial charge on any atom is -0.375 e. The first-order valence-corrected chi connectivity index (χ1v) is 9.68. The number of morpholine rings is 1. The zero-order chi connectivity index (χ0) is 15.5. The maximum atomic E-state index is 12.7. The van der Waals surface area contributed by atoms with Crippen LogP contribution < -0.4 is 5.32 Å². The van der Waals surface area contributed by atoms with Crippen LogP contribution in [-0.4, -0.2) is 44.6 Å². The molecule has 2 heterocycles. The second kappa shape index (κ2) is 7.19. The largest absolute Gasteiger partial charge is 0.375 e. The van der Waals surface area contributed by atoms with Gasteiger partial charge in [0, 0.05) is 19.1 Å². The Balaban J connectivity index is 2.11. The summed E-state index contributed by atoms with van der Waals surface area (Å²) in [5.41, 5.74) is 1.03. The summed E-state index contributed by atoms with van der Waals surface area (Å²) in [7, 11) is -3.41. The van der Waals surface area contributed by atoms with E-state index in [2.05, 4.69) is 12.2 Å². The summed E-state index contributed by atoms with van der Waals surface area (Å²) in [6, 6.07) is 1.67. The van der Waals surface area contributed by atoms with E-state index >= 15 is 0 Å². The van der Waals surface area contributed by atoms with E-state index in [4.69, 9.17) is 4.74 Å². The Kier molecular flexibility index (Phi) is 5.79. The smallest absolute Gasteiger partial charge is 0.252 e. The summed E-state index contributed by atoms with van der Waals surface area (Å²) in [5, 5.41) is 5.21. The van der Waals surface area contributed by atoms with Crippen LogP contribution in [0.15, 0.2) is 15.7 Å². The number of nitrogens with zero attached hydrogens (tertiary/aromatic N) is 1. The lowest BCUT2D eigenvalue weighted by Gasteiger charge is -2.35. The summed E-state index contributed by atoms with van der Waals surface area (Å²) in [6.45, 7) is 8.44. The fourth-order valence-electron chi connectivity index (χ4n) is 2.31. The minimum atomic E-state index is -3.41. The van der Waals surface area contributed by atoms with E-state index in [9.17, 15) is 8.42 Å². The molecule has 1 aliphatic heterocycles. The number of ether oxygens (including phenoxy) is 1. The molecule has 1 aromatic heterocycles. The van der Waals surface area contributed by atoms with Crippen LogP contribution >= 0.6 is 11.3 Å². The molecule has 1 fully saturated rings. The highest BCUT2D eigenvalue weighted by atomic mass is 32.2. The predicted octanol–water partition coefficient (Wildman–Crippen LogP) is 2.05. The Morgan fingerprint density at radius 1 is 1.48 bits per heavy atom. The van der Waals surface area contributed by atoms with Crippen molar-refractivity contribution in [2.75, 3.05) is 19.7 Å². The Bertz CT molecular complexity index is 556. The Hall–Kier alpha value is -0.470. The fraction of sp³-hybridized carbons (Fsp3) is 0.714. The summed E-state index contributed by atoms with van der Waals surface area (Å²) >= 11 is 1.30. The maximum Gasteiger partial charge on any atom is 0.252 e. The number of hydrogen-bond donors (Lipinski definition) is 1. The average molecular weight is 332 g/mol. The monoisotopic (exact) mass is 332 g/mol. The van der Waals surface area contributed by atoms with Crippen molar-refractivity contribution in [3.63, 3.8) is 0 Å². The molecule has 0 amide bonds. The van der Waals surface area contributed by atoms with Gasteiger partial charge in [0.15, 0.2) is 0 Å². The van der Waals surface area contributed by atoms with Crippen molar-refractivity contribution in [3.8, 4) is 0 Å². The quantitative estimate of drug-likeness (QED) is 0.810. The Labute approximate surface area is 131 Å². The second-order valence-electron chi connectivity index (χ2n) is 5.52. The number of hydrogen-bond acceptors (Lipinski definition) is 5. The van der Waals surface area contributed by atoms with Gasteiger partial charge in [-0.05, 0) is 43.8 Å². The van der Waals surface area contributed by atoms with Gasteiger partial charge in [-0.15, -0.1) is 11.3 Å². The third-order valence-electron chi connectivity index (χ3n) is 3.50. The molecular weight excluding hydrogens is 308 g/mol. The van der Waals surface area contributed by atoms with E-state index in [1.165, 1.54) is 11.3 Å². The highest BCUT2D eigenvalue weighted by molar-refractivity contribution is 7.91. The highest BCUT2D eigenvalue weighted by Gasteiger charge is 2.34. The number of rotatable bonds is 6. The Morgan fingerprint density at radius 2 is 2.24 bits per heavy atom. The summed E-state index contributed by atoms with van der Waals surface area (Å²) in [6.07, 6.45) is 1.01. The Morgan fingerprint density at radius 3 is 2.95 bits per heavy atom. The van der Waals surface area contributed by atoms with Gasteiger partial charge in [-0.3, -0.25) is 0 Å². The van der Waals surface area contributed by atoms with E-state index in [0.717, 1.165) is 25.1 Å². The van der Waals surface area contributed by atoms with E-state index in [-0.39, 0.29) is 12.1 Å². The van der Waals surface area contributed by atoms with E-state index in [0.29, 0.717) is 17.4 Å². The van der Waals surface area contributed by atoms with Gasteiger partial charge < -0.3 is 10.1 Å². The lowest BCUT2D eigenvalue weighted by atomic mass is 10.2. The lowest BCUT2D eigenvalue weighted by Crippen LogP contribution is -2.49.